The smallest absolute Gasteiger partial charge is 0.263 e. The molecule has 1 fully saturated rings. The molecule has 1 amide bonds. The summed E-state index contributed by atoms with van der Waals surface area (Å²) >= 11 is 0. The number of aryl methyl sites for hydroxylation is 1. The monoisotopic (exact) mass is 292 g/mol. The van der Waals surface area contributed by atoms with Gasteiger partial charge in [-0.15, -0.1) is 0 Å². The summed E-state index contributed by atoms with van der Waals surface area (Å²) in [7, 11) is 1.64. The molecule has 0 unspecified atom stereocenters. The molecule has 1 N–H and O–H groups in total. The van der Waals surface area contributed by atoms with E-state index < -0.39 is 0 Å². The number of hydrogen-bond donors (Lipinski definition) is 1. The third-order valence-corrected chi connectivity index (χ3v) is 4.21. The zero-order valence-corrected chi connectivity index (χ0v) is 12.6. The number of pyridine rings is 1. The Balaban J connectivity index is 2.14. The SMILES string of the molecule is Cn1cccc(C(=O)N(CCO)CC2CCCCC2)c1=O. The molecule has 0 aliphatic heterocycles. The van der Waals surface area contributed by atoms with Crippen LogP contribution < -0.4 is 5.56 Å². The highest BCUT2D eigenvalue weighted by molar-refractivity contribution is 5.93. The van der Waals surface area contributed by atoms with Gasteiger partial charge >= 0.3 is 0 Å². The van der Waals surface area contributed by atoms with Crippen LogP contribution in [0.5, 0.6) is 0 Å². The van der Waals surface area contributed by atoms with Gasteiger partial charge < -0.3 is 14.6 Å². The predicted octanol–water partition coefficient (Wildman–Crippen LogP) is 1.40. The minimum Gasteiger partial charge on any atom is -0.395 e. The Kier molecular flexibility index (Phi) is 5.56. The maximum atomic E-state index is 12.6. The van der Waals surface area contributed by atoms with E-state index in [2.05, 4.69) is 0 Å². The normalized spacial score (nSPS) is 15.9. The Morgan fingerprint density at radius 1 is 1.38 bits per heavy atom. The minimum absolute atomic E-state index is 0.0778. The second-order valence-electron chi connectivity index (χ2n) is 5.82. The van der Waals surface area contributed by atoms with Crippen molar-refractivity contribution in [3.8, 4) is 0 Å². The second-order valence-corrected chi connectivity index (χ2v) is 5.82. The number of hydrogen-bond acceptors (Lipinski definition) is 3. The number of amides is 1. The van der Waals surface area contributed by atoms with Crippen molar-refractivity contribution < 1.29 is 9.90 Å². The quantitative estimate of drug-likeness (QED) is 0.892. The Hall–Kier alpha value is -1.62. The van der Waals surface area contributed by atoms with Crippen LogP contribution in [0.2, 0.25) is 0 Å². The number of carbonyl (C=O) groups is 1. The molecule has 5 nitrogen and oxygen atoms in total. The first-order valence-electron chi connectivity index (χ1n) is 7.69. The van der Waals surface area contributed by atoms with Gasteiger partial charge in [0.15, 0.2) is 0 Å². The molecule has 0 atom stereocenters. The first-order valence-corrected chi connectivity index (χ1v) is 7.69. The summed E-state index contributed by atoms with van der Waals surface area (Å²) in [6.45, 7) is 0.844. The molecule has 1 aromatic heterocycles. The maximum absolute atomic E-state index is 12.6. The van der Waals surface area contributed by atoms with Crippen molar-refractivity contribution in [1.82, 2.24) is 9.47 Å². The highest BCUT2D eigenvalue weighted by Crippen LogP contribution is 2.24. The molecule has 0 saturated heterocycles. The standard InChI is InChI=1S/C16H24N2O3/c1-17-9-5-8-14(15(17)20)16(21)18(10-11-19)12-13-6-3-2-4-7-13/h5,8-9,13,19H,2-4,6-7,10-12H2,1H3. The number of rotatable bonds is 5. The van der Waals surface area contributed by atoms with Crippen LogP contribution in [0, 0.1) is 5.92 Å². The molecular weight excluding hydrogens is 268 g/mol. The molecule has 0 radical (unpaired) electrons. The lowest BCUT2D eigenvalue weighted by molar-refractivity contribution is 0.0673. The largest absolute Gasteiger partial charge is 0.395 e. The molecule has 0 spiro atoms. The molecule has 21 heavy (non-hydrogen) atoms. The molecule has 1 aliphatic carbocycles. The van der Waals surface area contributed by atoms with Crippen LogP contribution in [-0.4, -0.2) is 40.2 Å². The van der Waals surface area contributed by atoms with Crippen molar-refractivity contribution >= 4 is 5.91 Å². The van der Waals surface area contributed by atoms with Crippen LogP contribution in [0.15, 0.2) is 23.1 Å². The lowest BCUT2D eigenvalue weighted by atomic mass is 9.89. The number of aromatic nitrogens is 1. The molecule has 0 aromatic carbocycles. The van der Waals surface area contributed by atoms with E-state index >= 15 is 0 Å². The fourth-order valence-corrected chi connectivity index (χ4v) is 3.01. The van der Waals surface area contributed by atoms with E-state index in [4.69, 9.17) is 0 Å². The number of aliphatic hydroxyl groups is 1. The summed E-state index contributed by atoms with van der Waals surface area (Å²) in [5.41, 5.74) is -0.0988. The van der Waals surface area contributed by atoms with E-state index in [-0.39, 0.29) is 30.2 Å². The Morgan fingerprint density at radius 2 is 2.10 bits per heavy atom. The van der Waals surface area contributed by atoms with Gasteiger partial charge in [-0.1, -0.05) is 19.3 Å². The van der Waals surface area contributed by atoms with Crippen LogP contribution in [0.25, 0.3) is 0 Å². The summed E-state index contributed by atoms with van der Waals surface area (Å²) in [5, 5.41) is 9.21. The van der Waals surface area contributed by atoms with Crippen LogP contribution >= 0.6 is 0 Å². The Morgan fingerprint density at radius 3 is 2.76 bits per heavy atom. The number of nitrogens with zero attached hydrogens (tertiary/aromatic N) is 2. The van der Waals surface area contributed by atoms with Gasteiger partial charge in [0.2, 0.25) is 0 Å². The van der Waals surface area contributed by atoms with Gasteiger partial charge in [-0.05, 0) is 30.9 Å². The summed E-state index contributed by atoms with van der Waals surface area (Å²) in [4.78, 5) is 26.3. The van der Waals surface area contributed by atoms with E-state index in [9.17, 15) is 14.7 Å². The third kappa shape index (κ3) is 3.94. The fourth-order valence-electron chi connectivity index (χ4n) is 3.01. The van der Waals surface area contributed by atoms with E-state index in [1.807, 2.05) is 0 Å². The van der Waals surface area contributed by atoms with Crippen molar-refractivity contribution in [3.05, 3.63) is 34.2 Å². The predicted molar refractivity (Wildman–Crippen MR) is 81.2 cm³/mol. The molecule has 1 aromatic rings. The molecule has 2 rings (SSSR count). The average Bonchev–Trinajstić information content (AvgIpc) is 2.50. The van der Waals surface area contributed by atoms with Gasteiger partial charge in [0.25, 0.3) is 11.5 Å². The fraction of sp³-hybridized carbons (Fsp3) is 0.625. The summed E-state index contributed by atoms with van der Waals surface area (Å²) in [6, 6.07) is 3.27. The van der Waals surface area contributed by atoms with Gasteiger partial charge in [0.05, 0.1) is 6.61 Å². The molecule has 116 valence electrons. The van der Waals surface area contributed by atoms with Crippen molar-refractivity contribution in [3.63, 3.8) is 0 Å². The van der Waals surface area contributed by atoms with Gasteiger partial charge in [0, 0.05) is 26.3 Å². The van der Waals surface area contributed by atoms with Crippen LogP contribution in [0.3, 0.4) is 0 Å². The first kappa shape index (κ1) is 15.8. The number of aliphatic hydroxyl groups excluding tert-OH is 1. The molecule has 1 saturated carbocycles. The van der Waals surface area contributed by atoms with Gasteiger partial charge in [-0.3, -0.25) is 9.59 Å². The highest BCUT2D eigenvalue weighted by atomic mass is 16.3. The van der Waals surface area contributed by atoms with Crippen molar-refractivity contribution in [2.24, 2.45) is 13.0 Å². The average molecular weight is 292 g/mol. The second kappa shape index (κ2) is 7.41. The summed E-state index contributed by atoms with van der Waals surface area (Å²) in [6.07, 6.45) is 7.57. The molecular formula is C16H24N2O3. The van der Waals surface area contributed by atoms with Crippen molar-refractivity contribution in [1.29, 1.82) is 0 Å². The van der Waals surface area contributed by atoms with Crippen molar-refractivity contribution in [2.75, 3.05) is 19.7 Å². The van der Waals surface area contributed by atoms with E-state index in [1.165, 1.54) is 23.8 Å². The Bertz CT molecular complexity index is 533. The van der Waals surface area contributed by atoms with Gasteiger partial charge in [0.1, 0.15) is 5.56 Å². The first-order chi connectivity index (χ1) is 10.1. The van der Waals surface area contributed by atoms with Crippen LogP contribution in [0.1, 0.15) is 42.5 Å². The Labute approximate surface area is 125 Å². The zero-order chi connectivity index (χ0) is 15.2. The van der Waals surface area contributed by atoms with E-state index in [0.29, 0.717) is 12.5 Å². The molecule has 1 heterocycles. The summed E-state index contributed by atoms with van der Waals surface area (Å²) < 4.78 is 1.41. The summed E-state index contributed by atoms with van der Waals surface area (Å²) in [5.74, 6) is 0.220. The van der Waals surface area contributed by atoms with E-state index in [0.717, 1.165) is 12.8 Å². The maximum Gasteiger partial charge on any atom is 0.263 e. The topological polar surface area (TPSA) is 62.5 Å². The highest BCUT2D eigenvalue weighted by Gasteiger charge is 2.23. The zero-order valence-electron chi connectivity index (χ0n) is 12.6. The van der Waals surface area contributed by atoms with Gasteiger partial charge in [-0.25, -0.2) is 0 Å². The molecule has 1 aliphatic rings. The lowest BCUT2D eigenvalue weighted by Gasteiger charge is -2.29. The number of carbonyl (C=O) groups excluding carboxylic acids is 1. The van der Waals surface area contributed by atoms with Crippen LogP contribution in [0.4, 0.5) is 0 Å². The van der Waals surface area contributed by atoms with Crippen LogP contribution in [-0.2, 0) is 7.05 Å². The van der Waals surface area contributed by atoms with Crippen molar-refractivity contribution in [2.45, 2.75) is 32.1 Å². The molecule has 5 heteroatoms. The molecule has 0 bridgehead atoms. The van der Waals surface area contributed by atoms with Gasteiger partial charge in [-0.2, -0.15) is 0 Å². The van der Waals surface area contributed by atoms with E-state index in [1.54, 1.807) is 30.3 Å². The lowest BCUT2D eigenvalue weighted by Crippen LogP contribution is -2.41. The minimum atomic E-state index is -0.283. The third-order valence-electron chi connectivity index (χ3n) is 4.21.